The van der Waals surface area contributed by atoms with Crippen molar-refractivity contribution in [1.82, 2.24) is 15.3 Å². The molecule has 2 aromatic rings. The van der Waals surface area contributed by atoms with Crippen molar-refractivity contribution in [3.8, 4) is 0 Å². The lowest BCUT2D eigenvalue weighted by atomic mass is 10.3. The van der Waals surface area contributed by atoms with Gasteiger partial charge in [0.1, 0.15) is 0 Å². The van der Waals surface area contributed by atoms with Gasteiger partial charge in [0.05, 0.1) is 10.7 Å². The average molecular weight is 297 g/mol. The maximum absolute atomic E-state index is 11.7. The molecule has 0 saturated carbocycles. The van der Waals surface area contributed by atoms with E-state index in [0.29, 0.717) is 13.0 Å². The maximum atomic E-state index is 11.7. The van der Waals surface area contributed by atoms with Gasteiger partial charge >= 0.3 is 5.97 Å². The van der Waals surface area contributed by atoms with Gasteiger partial charge in [-0.25, -0.2) is 14.8 Å². The topological polar surface area (TPSA) is 92.2 Å². The Labute approximate surface area is 117 Å². The van der Waals surface area contributed by atoms with Gasteiger partial charge in [0, 0.05) is 23.7 Å². The van der Waals surface area contributed by atoms with Gasteiger partial charge in [-0.05, 0) is 6.92 Å². The number of carboxylic acids is 1. The molecule has 0 saturated heterocycles. The number of hydrogen-bond donors (Lipinski definition) is 2. The number of carboxylic acid groups (broad SMARTS) is 1. The van der Waals surface area contributed by atoms with Crippen LogP contribution in [0.15, 0.2) is 10.8 Å². The number of aromatic nitrogens is 2. The van der Waals surface area contributed by atoms with Crippen LogP contribution in [0.5, 0.6) is 0 Å². The Bertz CT molecular complexity index is 606. The lowest BCUT2D eigenvalue weighted by Crippen LogP contribution is -2.25. The molecule has 0 atom stereocenters. The van der Waals surface area contributed by atoms with E-state index in [9.17, 15) is 9.59 Å². The van der Waals surface area contributed by atoms with Crippen LogP contribution in [0.1, 0.15) is 31.0 Å². The van der Waals surface area contributed by atoms with Gasteiger partial charge in [0.2, 0.25) is 0 Å². The first kappa shape index (κ1) is 13.6. The molecule has 2 N–H and O–H groups in total. The maximum Gasteiger partial charge on any atom is 0.355 e. The van der Waals surface area contributed by atoms with Crippen molar-refractivity contribution in [1.29, 1.82) is 0 Å². The number of hydrogen-bond acceptors (Lipinski definition) is 6. The minimum Gasteiger partial charge on any atom is -0.476 e. The second-order valence-corrected chi connectivity index (χ2v) is 5.63. The van der Waals surface area contributed by atoms with Crippen molar-refractivity contribution < 1.29 is 14.7 Å². The third-order valence-corrected chi connectivity index (χ3v) is 3.91. The van der Waals surface area contributed by atoms with Crippen LogP contribution in [-0.2, 0) is 6.42 Å². The van der Waals surface area contributed by atoms with Gasteiger partial charge in [-0.15, -0.1) is 22.7 Å². The zero-order valence-electron chi connectivity index (χ0n) is 10.0. The first-order chi connectivity index (χ1) is 9.06. The molecule has 0 aliphatic heterocycles. The third-order valence-electron chi connectivity index (χ3n) is 2.25. The molecule has 2 heterocycles. The predicted octanol–water partition coefficient (Wildman–Crippen LogP) is 1.58. The molecule has 19 heavy (non-hydrogen) atoms. The first-order valence-corrected chi connectivity index (χ1v) is 7.20. The summed E-state index contributed by atoms with van der Waals surface area (Å²) < 4.78 is 0. The minimum absolute atomic E-state index is 0.106. The zero-order chi connectivity index (χ0) is 13.8. The van der Waals surface area contributed by atoms with E-state index in [4.69, 9.17) is 5.11 Å². The molecule has 0 radical (unpaired) electrons. The highest BCUT2D eigenvalue weighted by atomic mass is 32.1. The van der Waals surface area contributed by atoms with Gasteiger partial charge in [-0.2, -0.15) is 0 Å². The number of nitrogens with one attached hydrogen (secondary N) is 1. The number of carbonyl (C=O) groups excluding carboxylic acids is 1. The van der Waals surface area contributed by atoms with Crippen LogP contribution in [-0.4, -0.2) is 33.5 Å². The minimum atomic E-state index is -1.13. The Morgan fingerprint density at radius 3 is 2.68 bits per heavy atom. The number of thiazole rings is 2. The molecule has 8 heteroatoms. The van der Waals surface area contributed by atoms with Crippen LogP contribution < -0.4 is 5.32 Å². The van der Waals surface area contributed by atoms with Crippen molar-refractivity contribution in [2.75, 3.05) is 6.54 Å². The van der Waals surface area contributed by atoms with Gasteiger partial charge < -0.3 is 10.4 Å². The van der Waals surface area contributed by atoms with Crippen molar-refractivity contribution in [2.24, 2.45) is 0 Å². The van der Waals surface area contributed by atoms with Gasteiger partial charge in [0.15, 0.2) is 10.7 Å². The van der Waals surface area contributed by atoms with Gasteiger partial charge in [0.25, 0.3) is 5.91 Å². The molecule has 2 aromatic heterocycles. The highest BCUT2D eigenvalue weighted by Gasteiger charge is 2.14. The number of amides is 1. The van der Waals surface area contributed by atoms with Crippen molar-refractivity contribution >= 4 is 34.6 Å². The summed E-state index contributed by atoms with van der Waals surface area (Å²) >= 11 is 2.59. The molecular formula is C11H11N3O3S2. The zero-order valence-corrected chi connectivity index (χ0v) is 11.7. The van der Waals surface area contributed by atoms with Crippen LogP contribution >= 0.6 is 22.7 Å². The molecular weight excluding hydrogens is 286 g/mol. The molecule has 0 bridgehead atoms. The highest BCUT2D eigenvalue weighted by molar-refractivity contribution is 7.11. The van der Waals surface area contributed by atoms with E-state index in [-0.39, 0.29) is 16.6 Å². The fourth-order valence-electron chi connectivity index (χ4n) is 1.38. The van der Waals surface area contributed by atoms with Crippen LogP contribution in [0.3, 0.4) is 0 Å². The number of aromatic carboxylic acids is 1. The molecule has 0 aliphatic rings. The van der Waals surface area contributed by atoms with E-state index in [1.807, 2.05) is 12.3 Å². The second kappa shape index (κ2) is 5.89. The van der Waals surface area contributed by atoms with Crippen molar-refractivity contribution in [3.63, 3.8) is 0 Å². The number of aryl methyl sites for hydroxylation is 1. The van der Waals surface area contributed by atoms with E-state index in [2.05, 4.69) is 15.3 Å². The second-order valence-electron chi connectivity index (χ2n) is 3.71. The van der Waals surface area contributed by atoms with E-state index in [0.717, 1.165) is 22.0 Å². The SMILES string of the molecule is Cc1nc(CCNC(=O)c2nc(C(=O)O)cs2)cs1. The summed E-state index contributed by atoms with van der Waals surface area (Å²) in [7, 11) is 0. The Kier molecular flexibility index (Phi) is 4.23. The Morgan fingerprint density at radius 2 is 2.11 bits per heavy atom. The van der Waals surface area contributed by atoms with E-state index in [1.54, 1.807) is 11.3 Å². The normalized spacial score (nSPS) is 10.4. The standard InChI is InChI=1S/C11H11N3O3S2/c1-6-13-7(4-18-6)2-3-12-9(15)10-14-8(5-19-10)11(16)17/h4-5H,2-3H2,1H3,(H,12,15)(H,16,17). The molecule has 0 spiro atoms. The molecule has 0 aliphatic carbocycles. The predicted molar refractivity (Wildman–Crippen MR) is 72.0 cm³/mol. The fourth-order valence-corrected chi connectivity index (χ4v) is 2.73. The molecule has 0 unspecified atom stereocenters. The number of rotatable bonds is 5. The summed E-state index contributed by atoms with van der Waals surface area (Å²) in [6.07, 6.45) is 0.646. The molecule has 0 fully saturated rings. The van der Waals surface area contributed by atoms with Crippen LogP contribution in [0, 0.1) is 6.92 Å². The number of nitrogens with zero attached hydrogens (tertiary/aromatic N) is 2. The molecule has 100 valence electrons. The number of carbonyl (C=O) groups is 2. The van der Waals surface area contributed by atoms with Gasteiger partial charge in [-0.1, -0.05) is 0 Å². The molecule has 0 aromatic carbocycles. The van der Waals surface area contributed by atoms with E-state index >= 15 is 0 Å². The smallest absolute Gasteiger partial charge is 0.355 e. The quantitative estimate of drug-likeness (QED) is 0.874. The largest absolute Gasteiger partial charge is 0.476 e. The van der Waals surface area contributed by atoms with Gasteiger partial charge in [-0.3, -0.25) is 4.79 Å². The summed E-state index contributed by atoms with van der Waals surface area (Å²) in [6, 6.07) is 0. The first-order valence-electron chi connectivity index (χ1n) is 5.44. The van der Waals surface area contributed by atoms with E-state index in [1.165, 1.54) is 5.38 Å². The summed E-state index contributed by atoms with van der Waals surface area (Å²) in [4.78, 5) is 30.4. The Morgan fingerprint density at radius 1 is 1.32 bits per heavy atom. The summed E-state index contributed by atoms with van der Waals surface area (Å²) in [5.74, 6) is -1.49. The molecule has 2 rings (SSSR count). The Hall–Kier alpha value is -1.80. The summed E-state index contributed by atoms with van der Waals surface area (Å²) in [5, 5.41) is 15.9. The van der Waals surface area contributed by atoms with Crippen LogP contribution in [0.25, 0.3) is 0 Å². The van der Waals surface area contributed by atoms with Crippen LogP contribution in [0.2, 0.25) is 0 Å². The monoisotopic (exact) mass is 297 g/mol. The third kappa shape index (κ3) is 3.58. The summed E-state index contributed by atoms with van der Waals surface area (Å²) in [6.45, 7) is 2.37. The van der Waals surface area contributed by atoms with Crippen molar-refractivity contribution in [2.45, 2.75) is 13.3 Å². The highest BCUT2D eigenvalue weighted by Crippen LogP contribution is 2.10. The fraction of sp³-hybridized carbons (Fsp3) is 0.273. The Balaban J connectivity index is 1.85. The van der Waals surface area contributed by atoms with Crippen molar-refractivity contribution in [3.05, 3.63) is 32.2 Å². The van der Waals surface area contributed by atoms with Crippen LogP contribution in [0.4, 0.5) is 0 Å². The van der Waals surface area contributed by atoms with E-state index < -0.39 is 5.97 Å². The average Bonchev–Trinajstić information content (AvgIpc) is 2.98. The summed E-state index contributed by atoms with van der Waals surface area (Å²) in [5.41, 5.74) is 0.832. The molecule has 6 nitrogen and oxygen atoms in total. The lowest BCUT2D eigenvalue weighted by molar-refractivity contribution is 0.0691. The molecule has 1 amide bonds. The lowest BCUT2D eigenvalue weighted by Gasteiger charge is -2.00.